The van der Waals surface area contributed by atoms with Gasteiger partial charge in [0.15, 0.2) is 8.32 Å². The van der Waals surface area contributed by atoms with Crippen LogP contribution in [0.2, 0.25) is 18.1 Å². The predicted molar refractivity (Wildman–Crippen MR) is 202 cm³/mol. The number of aliphatic imine (C=N–C) groups is 1. The first-order valence-corrected chi connectivity index (χ1v) is 20.7. The van der Waals surface area contributed by atoms with Crippen molar-refractivity contribution in [1.29, 1.82) is 0 Å². The Balaban J connectivity index is 1.59. The lowest BCUT2D eigenvalue weighted by Gasteiger charge is -2.36. The Labute approximate surface area is 299 Å². The first-order valence-electron chi connectivity index (χ1n) is 17.8. The standard InChI is InChI=1S/C39H56N4O6Si/c1-10-19-42(20-11-22-48-50(8,9)39(5,6)7)36(46)31-23-30-17-16-29(24-33(30)40-34(25-31)41-37(47)49-38(2,3)4)27-12-14-28(15-13-27)35(45)43-21-18-32(44)26-43/h12-17,23-24,32,44H,10-11,18-22,25-26H2,1-9H3,(H,40,41,47)/t32-/m0/s1. The third-order valence-corrected chi connectivity index (χ3v) is 14.0. The van der Waals surface area contributed by atoms with E-state index in [-0.39, 0.29) is 23.3 Å². The van der Waals surface area contributed by atoms with Crippen molar-refractivity contribution in [1.82, 2.24) is 15.1 Å². The number of ether oxygens (including phenoxy) is 1. The molecule has 1 saturated heterocycles. The summed E-state index contributed by atoms with van der Waals surface area (Å²) in [5.74, 6) is 0.127. The lowest BCUT2D eigenvalue weighted by Crippen LogP contribution is -2.42. The predicted octanol–water partition coefficient (Wildman–Crippen LogP) is 7.55. The molecule has 0 saturated carbocycles. The molecule has 1 atom stereocenters. The molecule has 2 aromatic rings. The number of nitrogens with zero attached hydrogens (tertiary/aromatic N) is 3. The number of likely N-dealkylation sites (tertiary alicyclic amines) is 1. The number of aliphatic hydroxyl groups is 1. The molecular weight excluding hydrogens is 649 g/mol. The van der Waals surface area contributed by atoms with Gasteiger partial charge >= 0.3 is 6.09 Å². The molecule has 0 aromatic heterocycles. The van der Waals surface area contributed by atoms with Crippen LogP contribution in [-0.4, -0.2) is 91.5 Å². The summed E-state index contributed by atoms with van der Waals surface area (Å²) in [4.78, 5) is 48.3. The third kappa shape index (κ3) is 10.4. The minimum absolute atomic E-state index is 0.0967. The van der Waals surface area contributed by atoms with Crippen molar-refractivity contribution in [2.24, 2.45) is 4.99 Å². The second-order valence-corrected chi connectivity index (χ2v) is 20.6. The number of carbonyl (C=O) groups excluding carboxylic acids is 3. The van der Waals surface area contributed by atoms with Crippen LogP contribution in [0, 0.1) is 0 Å². The van der Waals surface area contributed by atoms with Crippen molar-refractivity contribution in [3.05, 3.63) is 59.2 Å². The van der Waals surface area contributed by atoms with Gasteiger partial charge in [0.05, 0.1) is 11.8 Å². The van der Waals surface area contributed by atoms with E-state index in [4.69, 9.17) is 14.2 Å². The van der Waals surface area contributed by atoms with E-state index >= 15 is 0 Å². The lowest BCUT2D eigenvalue weighted by molar-refractivity contribution is -0.127. The van der Waals surface area contributed by atoms with E-state index in [0.717, 1.165) is 29.5 Å². The molecule has 2 aliphatic heterocycles. The van der Waals surface area contributed by atoms with Gasteiger partial charge in [0.1, 0.15) is 11.4 Å². The number of benzene rings is 2. The number of aliphatic hydroxyl groups excluding tert-OH is 1. The second kappa shape index (κ2) is 16.0. The summed E-state index contributed by atoms with van der Waals surface area (Å²) in [5.41, 5.74) is 3.51. The first kappa shape index (κ1) is 39.0. The molecule has 0 bridgehead atoms. The van der Waals surface area contributed by atoms with Crippen LogP contribution in [0.3, 0.4) is 0 Å². The van der Waals surface area contributed by atoms with Gasteiger partial charge in [-0.1, -0.05) is 52.0 Å². The molecule has 50 heavy (non-hydrogen) atoms. The molecule has 4 rings (SSSR count). The van der Waals surface area contributed by atoms with Gasteiger partial charge in [-0.3, -0.25) is 14.9 Å². The molecule has 0 radical (unpaired) electrons. The Morgan fingerprint density at radius 3 is 2.30 bits per heavy atom. The number of hydrogen-bond acceptors (Lipinski definition) is 7. The van der Waals surface area contributed by atoms with Gasteiger partial charge in [0.2, 0.25) is 5.91 Å². The van der Waals surface area contributed by atoms with Gasteiger partial charge in [0, 0.05) is 55.9 Å². The Morgan fingerprint density at radius 2 is 1.70 bits per heavy atom. The fourth-order valence-corrected chi connectivity index (χ4v) is 6.77. The van der Waals surface area contributed by atoms with E-state index in [1.54, 1.807) is 37.8 Å². The zero-order valence-corrected chi connectivity index (χ0v) is 32.4. The van der Waals surface area contributed by atoms with E-state index in [2.05, 4.69) is 46.1 Å². The average molecular weight is 705 g/mol. The number of nitrogens with one attached hydrogen (secondary N) is 1. The molecule has 2 N–H and O–H groups in total. The van der Waals surface area contributed by atoms with Gasteiger partial charge in [0.25, 0.3) is 5.91 Å². The first-order chi connectivity index (χ1) is 23.4. The van der Waals surface area contributed by atoms with Gasteiger partial charge < -0.3 is 24.1 Å². The lowest BCUT2D eigenvalue weighted by atomic mass is 9.99. The van der Waals surface area contributed by atoms with Crippen molar-refractivity contribution >= 4 is 43.8 Å². The highest BCUT2D eigenvalue weighted by atomic mass is 28.4. The highest BCUT2D eigenvalue weighted by molar-refractivity contribution is 6.74. The Bertz CT molecular complexity index is 1600. The van der Waals surface area contributed by atoms with Crippen molar-refractivity contribution in [2.45, 2.75) is 104 Å². The summed E-state index contributed by atoms with van der Waals surface area (Å²) in [6, 6.07) is 13.2. The third-order valence-electron chi connectivity index (χ3n) is 9.43. The van der Waals surface area contributed by atoms with Crippen LogP contribution in [0.15, 0.2) is 53.0 Å². The molecular formula is C39H56N4O6Si. The maximum Gasteiger partial charge on any atom is 0.413 e. The van der Waals surface area contributed by atoms with Crippen LogP contribution < -0.4 is 5.32 Å². The van der Waals surface area contributed by atoms with E-state index in [9.17, 15) is 19.5 Å². The van der Waals surface area contributed by atoms with Gasteiger partial charge in [-0.2, -0.15) is 0 Å². The van der Waals surface area contributed by atoms with Crippen LogP contribution in [-0.2, 0) is 14.0 Å². The van der Waals surface area contributed by atoms with Gasteiger partial charge in [-0.15, -0.1) is 0 Å². The van der Waals surface area contributed by atoms with Crippen LogP contribution in [0.5, 0.6) is 0 Å². The maximum absolute atomic E-state index is 14.1. The maximum atomic E-state index is 14.1. The number of fused-ring (bicyclic) bond motifs is 1. The molecule has 0 spiro atoms. The van der Waals surface area contributed by atoms with Gasteiger partial charge in [-0.05, 0) is 93.6 Å². The summed E-state index contributed by atoms with van der Waals surface area (Å²) in [6.07, 6.45) is 3.02. The molecule has 2 aromatic carbocycles. The van der Waals surface area contributed by atoms with Crippen LogP contribution >= 0.6 is 0 Å². The summed E-state index contributed by atoms with van der Waals surface area (Å²) in [6.45, 7) is 21.2. The SMILES string of the molecule is CCCN(CCCO[Si](C)(C)C(C)(C)C)C(=O)C1=Cc2ccc(-c3ccc(C(=O)N4CC[C@H](O)C4)cc3)cc2N=C(NC(=O)OC(C)(C)C)C1. The number of hydrogen-bond donors (Lipinski definition) is 2. The Morgan fingerprint density at radius 1 is 1.02 bits per heavy atom. The molecule has 3 amide bonds. The fraction of sp³-hybridized carbons (Fsp3) is 0.538. The molecule has 0 aliphatic carbocycles. The smallest absolute Gasteiger partial charge is 0.413 e. The average Bonchev–Trinajstić information content (AvgIpc) is 3.38. The molecule has 0 unspecified atom stereocenters. The molecule has 10 nitrogen and oxygen atoms in total. The summed E-state index contributed by atoms with van der Waals surface area (Å²) < 4.78 is 11.9. The highest BCUT2D eigenvalue weighted by Crippen LogP contribution is 2.37. The minimum atomic E-state index is -1.90. The van der Waals surface area contributed by atoms with E-state index in [0.29, 0.717) is 61.9 Å². The number of alkyl carbamates (subject to hydrolysis) is 1. The van der Waals surface area contributed by atoms with Gasteiger partial charge in [-0.25, -0.2) is 9.79 Å². The van der Waals surface area contributed by atoms with Crippen molar-refractivity contribution < 1.29 is 28.7 Å². The normalized spacial score (nSPS) is 16.6. The van der Waals surface area contributed by atoms with E-state index in [1.165, 1.54) is 0 Å². The molecule has 272 valence electrons. The van der Waals surface area contributed by atoms with Crippen LogP contribution in [0.1, 0.15) is 90.1 Å². The molecule has 2 heterocycles. The van der Waals surface area contributed by atoms with Crippen LogP contribution in [0.25, 0.3) is 17.2 Å². The number of rotatable bonds is 10. The molecule has 2 aliphatic rings. The zero-order chi connectivity index (χ0) is 36.9. The topological polar surface area (TPSA) is 121 Å². The largest absolute Gasteiger partial charge is 0.444 e. The Hall–Kier alpha value is -3.80. The minimum Gasteiger partial charge on any atom is -0.444 e. The second-order valence-electron chi connectivity index (χ2n) is 15.8. The number of β-amino-alcohol motifs (C(OH)–C–C–N with tert-alkyl or cyclic N) is 1. The monoisotopic (exact) mass is 704 g/mol. The fourth-order valence-electron chi connectivity index (χ4n) is 5.68. The van der Waals surface area contributed by atoms with Crippen molar-refractivity contribution in [3.8, 4) is 11.1 Å². The van der Waals surface area contributed by atoms with E-state index < -0.39 is 26.1 Å². The summed E-state index contributed by atoms with van der Waals surface area (Å²) >= 11 is 0. The zero-order valence-electron chi connectivity index (χ0n) is 31.4. The molecule has 11 heteroatoms. The quantitative estimate of drug-likeness (QED) is 0.195. The highest BCUT2D eigenvalue weighted by Gasteiger charge is 2.37. The number of amidine groups is 1. The van der Waals surface area contributed by atoms with Crippen LogP contribution in [0.4, 0.5) is 10.5 Å². The summed E-state index contributed by atoms with van der Waals surface area (Å²) in [7, 11) is -1.90. The van der Waals surface area contributed by atoms with Crippen molar-refractivity contribution in [3.63, 3.8) is 0 Å². The summed E-state index contributed by atoms with van der Waals surface area (Å²) in [5, 5.41) is 12.8. The molecule has 1 fully saturated rings. The van der Waals surface area contributed by atoms with E-state index in [1.807, 2.05) is 41.3 Å². The number of carbonyl (C=O) groups is 3. The van der Waals surface area contributed by atoms with Crippen molar-refractivity contribution in [2.75, 3.05) is 32.8 Å². The Kier molecular flexibility index (Phi) is 12.5. The number of amides is 3.